The van der Waals surface area contributed by atoms with Gasteiger partial charge in [0.15, 0.2) is 0 Å². The van der Waals surface area contributed by atoms with E-state index in [9.17, 15) is 4.79 Å². The van der Waals surface area contributed by atoms with Crippen molar-refractivity contribution < 1.29 is 9.32 Å². The Labute approximate surface area is 94.0 Å². The highest BCUT2D eigenvalue weighted by atomic mass is 35.5. The summed E-state index contributed by atoms with van der Waals surface area (Å²) in [6.07, 6.45) is 2.13. The van der Waals surface area contributed by atoms with Gasteiger partial charge < -0.3 is 9.84 Å². The summed E-state index contributed by atoms with van der Waals surface area (Å²) >= 11 is 5.64. The van der Waals surface area contributed by atoms with Gasteiger partial charge in [0.05, 0.1) is 6.20 Å². The smallest absolute Gasteiger partial charge is 0.256 e. The zero-order chi connectivity index (χ0) is 11.5. The Bertz CT molecular complexity index is 347. The molecule has 0 atom stereocenters. The largest absolute Gasteiger partial charge is 0.361 e. The molecule has 0 saturated heterocycles. The monoisotopic (exact) mass is 230 g/mol. The number of amides is 1. The molecular weight excluding hydrogens is 216 g/mol. The molecule has 0 spiro atoms. The Hall–Kier alpha value is -1.03. The Morgan fingerprint density at radius 3 is 2.80 bits per heavy atom. The number of carbonyl (C=O) groups excluding carboxylic acids is 1. The molecule has 0 aliphatic heterocycles. The van der Waals surface area contributed by atoms with Crippen molar-refractivity contribution in [1.82, 2.24) is 10.5 Å². The van der Waals surface area contributed by atoms with E-state index in [1.807, 2.05) is 13.8 Å². The number of aryl methyl sites for hydroxylation is 1. The van der Waals surface area contributed by atoms with Crippen LogP contribution in [-0.2, 0) is 0 Å². The predicted octanol–water partition coefficient (Wildman–Crippen LogP) is 2.12. The van der Waals surface area contributed by atoms with Crippen molar-refractivity contribution in [3.05, 3.63) is 17.5 Å². The molecule has 1 amide bonds. The van der Waals surface area contributed by atoms with Crippen molar-refractivity contribution in [2.75, 3.05) is 5.88 Å². The van der Waals surface area contributed by atoms with Gasteiger partial charge in [-0.15, -0.1) is 11.6 Å². The van der Waals surface area contributed by atoms with E-state index < -0.39 is 0 Å². The quantitative estimate of drug-likeness (QED) is 0.807. The second-order valence-corrected chi connectivity index (χ2v) is 4.45. The minimum absolute atomic E-state index is 0.177. The zero-order valence-electron chi connectivity index (χ0n) is 9.13. The van der Waals surface area contributed by atoms with Crippen LogP contribution in [0.2, 0.25) is 0 Å². The normalized spacial score (nSPS) is 11.5. The van der Waals surface area contributed by atoms with Crippen LogP contribution in [0.5, 0.6) is 0 Å². The van der Waals surface area contributed by atoms with Crippen LogP contribution in [-0.4, -0.2) is 22.5 Å². The van der Waals surface area contributed by atoms with Crippen molar-refractivity contribution >= 4 is 17.5 Å². The van der Waals surface area contributed by atoms with Crippen molar-refractivity contribution in [2.45, 2.75) is 32.7 Å². The minimum Gasteiger partial charge on any atom is -0.361 e. The molecule has 1 heterocycles. The SMILES string of the molecule is Cc1oncc1C(=O)NC(C)(C)CCCl. The first kappa shape index (κ1) is 12.0. The van der Waals surface area contributed by atoms with Crippen LogP contribution in [0.15, 0.2) is 10.7 Å². The second kappa shape index (κ2) is 4.66. The van der Waals surface area contributed by atoms with Gasteiger partial charge in [-0.3, -0.25) is 4.79 Å². The van der Waals surface area contributed by atoms with Crippen LogP contribution in [0.4, 0.5) is 0 Å². The van der Waals surface area contributed by atoms with Crippen molar-refractivity contribution in [1.29, 1.82) is 0 Å². The summed E-state index contributed by atoms with van der Waals surface area (Å²) in [5, 5.41) is 6.43. The van der Waals surface area contributed by atoms with E-state index in [0.29, 0.717) is 23.6 Å². The van der Waals surface area contributed by atoms with Gasteiger partial charge in [-0.05, 0) is 27.2 Å². The molecule has 0 aliphatic rings. The van der Waals surface area contributed by atoms with Crippen LogP contribution in [0.25, 0.3) is 0 Å². The summed E-state index contributed by atoms with van der Waals surface area (Å²) in [6.45, 7) is 5.56. The number of nitrogens with one attached hydrogen (secondary N) is 1. The average Bonchev–Trinajstić information content (AvgIpc) is 2.50. The predicted molar refractivity (Wildman–Crippen MR) is 58.1 cm³/mol. The molecular formula is C10H15ClN2O2. The number of nitrogens with zero attached hydrogens (tertiary/aromatic N) is 1. The maximum absolute atomic E-state index is 11.8. The van der Waals surface area contributed by atoms with E-state index in [0.717, 1.165) is 0 Å². The van der Waals surface area contributed by atoms with E-state index in [4.69, 9.17) is 16.1 Å². The molecule has 0 unspecified atom stereocenters. The third kappa shape index (κ3) is 3.23. The van der Waals surface area contributed by atoms with E-state index >= 15 is 0 Å². The molecule has 4 nitrogen and oxygen atoms in total. The van der Waals surface area contributed by atoms with E-state index in [-0.39, 0.29) is 11.4 Å². The highest BCUT2D eigenvalue weighted by molar-refractivity contribution is 6.17. The molecule has 84 valence electrons. The van der Waals surface area contributed by atoms with Crippen LogP contribution in [0.3, 0.4) is 0 Å². The lowest BCUT2D eigenvalue weighted by Gasteiger charge is -2.24. The summed E-state index contributed by atoms with van der Waals surface area (Å²) in [5.41, 5.74) is 0.153. The molecule has 1 N–H and O–H groups in total. The van der Waals surface area contributed by atoms with Gasteiger partial charge in [-0.2, -0.15) is 0 Å². The Morgan fingerprint density at radius 1 is 1.67 bits per heavy atom. The van der Waals surface area contributed by atoms with Crippen molar-refractivity contribution in [2.24, 2.45) is 0 Å². The molecule has 1 aromatic heterocycles. The molecule has 5 heteroatoms. The van der Waals surface area contributed by atoms with Crippen molar-refractivity contribution in [3.63, 3.8) is 0 Å². The molecule has 0 bridgehead atoms. The number of rotatable bonds is 4. The summed E-state index contributed by atoms with van der Waals surface area (Å²) in [4.78, 5) is 11.8. The number of alkyl halides is 1. The molecule has 0 aromatic carbocycles. The Morgan fingerprint density at radius 2 is 2.33 bits per heavy atom. The molecule has 0 fully saturated rings. The van der Waals surface area contributed by atoms with Gasteiger partial charge in [-0.25, -0.2) is 0 Å². The highest BCUT2D eigenvalue weighted by Crippen LogP contribution is 2.12. The van der Waals surface area contributed by atoms with Gasteiger partial charge in [0.25, 0.3) is 5.91 Å². The second-order valence-electron chi connectivity index (χ2n) is 4.07. The third-order valence-corrected chi connectivity index (χ3v) is 2.36. The topological polar surface area (TPSA) is 55.1 Å². The lowest BCUT2D eigenvalue weighted by Crippen LogP contribution is -2.43. The number of carbonyl (C=O) groups is 1. The zero-order valence-corrected chi connectivity index (χ0v) is 9.89. The third-order valence-electron chi connectivity index (χ3n) is 2.17. The first-order valence-corrected chi connectivity index (χ1v) is 5.29. The van der Waals surface area contributed by atoms with Gasteiger partial charge in [0, 0.05) is 11.4 Å². The summed E-state index contributed by atoms with van der Waals surface area (Å²) in [6, 6.07) is 0. The summed E-state index contributed by atoms with van der Waals surface area (Å²) in [5.74, 6) is 0.855. The summed E-state index contributed by atoms with van der Waals surface area (Å²) in [7, 11) is 0. The maximum Gasteiger partial charge on any atom is 0.256 e. The first-order chi connectivity index (χ1) is 6.96. The lowest BCUT2D eigenvalue weighted by molar-refractivity contribution is 0.0910. The number of hydrogen-bond donors (Lipinski definition) is 1. The van der Waals surface area contributed by atoms with Gasteiger partial charge in [-0.1, -0.05) is 5.16 Å². The molecule has 0 aliphatic carbocycles. The van der Waals surface area contributed by atoms with Gasteiger partial charge in [0.2, 0.25) is 0 Å². The van der Waals surface area contributed by atoms with Crippen molar-refractivity contribution in [3.8, 4) is 0 Å². The van der Waals surface area contributed by atoms with Crippen LogP contribution >= 0.6 is 11.6 Å². The number of aromatic nitrogens is 1. The van der Waals surface area contributed by atoms with Crippen LogP contribution in [0, 0.1) is 6.92 Å². The van der Waals surface area contributed by atoms with E-state index in [1.54, 1.807) is 6.92 Å². The Balaban J connectivity index is 2.68. The fourth-order valence-electron chi connectivity index (χ4n) is 1.19. The van der Waals surface area contributed by atoms with E-state index in [2.05, 4.69) is 10.5 Å². The standard InChI is InChI=1S/C10H15ClN2O2/c1-7-8(6-12-15-7)9(14)13-10(2,3)4-5-11/h6H,4-5H2,1-3H3,(H,13,14). The molecule has 1 rings (SSSR count). The average molecular weight is 231 g/mol. The van der Waals surface area contributed by atoms with Gasteiger partial charge in [0.1, 0.15) is 11.3 Å². The number of hydrogen-bond acceptors (Lipinski definition) is 3. The number of halogens is 1. The highest BCUT2D eigenvalue weighted by Gasteiger charge is 2.22. The first-order valence-electron chi connectivity index (χ1n) is 4.76. The minimum atomic E-state index is -0.317. The molecule has 15 heavy (non-hydrogen) atoms. The Kier molecular flexibility index (Phi) is 3.74. The molecule has 0 saturated carbocycles. The van der Waals surface area contributed by atoms with Crippen LogP contribution in [0.1, 0.15) is 36.4 Å². The van der Waals surface area contributed by atoms with Crippen LogP contribution < -0.4 is 5.32 Å². The maximum atomic E-state index is 11.8. The van der Waals surface area contributed by atoms with Gasteiger partial charge >= 0.3 is 0 Å². The lowest BCUT2D eigenvalue weighted by atomic mass is 10.0. The molecule has 0 radical (unpaired) electrons. The van der Waals surface area contributed by atoms with E-state index in [1.165, 1.54) is 6.20 Å². The fraction of sp³-hybridized carbons (Fsp3) is 0.600. The fourth-order valence-corrected chi connectivity index (χ4v) is 1.66. The molecule has 1 aromatic rings. The summed E-state index contributed by atoms with van der Waals surface area (Å²) < 4.78 is 4.82.